The van der Waals surface area contributed by atoms with Crippen LogP contribution in [0.15, 0.2) is 53.6 Å². The first-order valence-corrected chi connectivity index (χ1v) is 10.3. The second-order valence-corrected chi connectivity index (χ2v) is 7.22. The molecule has 1 heterocycles. The Kier molecular flexibility index (Phi) is 8.33. The molecule has 0 atom stereocenters. The maximum atomic E-state index is 12.1. The summed E-state index contributed by atoms with van der Waals surface area (Å²) in [6.07, 6.45) is 1.41. The minimum absolute atomic E-state index is 0.0405. The number of amides is 3. The van der Waals surface area contributed by atoms with Crippen molar-refractivity contribution in [3.8, 4) is 5.75 Å². The van der Waals surface area contributed by atoms with Gasteiger partial charge in [0.05, 0.1) is 19.4 Å². The van der Waals surface area contributed by atoms with Gasteiger partial charge in [-0.1, -0.05) is 29.8 Å². The van der Waals surface area contributed by atoms with Gasteiger partial charge in [0.25, 0.3) is 5.91 Å². The van der Waals surface area contributed by atoms with Gasteiger partial charge in [0.15, 0.2) is 6.61 Å². The van der Waals surface area contributed by atoms with E-state index in [2.05, 4.69) is 15.8 Å². The Balaban J connectivity index is 1.38. The largest absolute Gasteiger partial charge is 0.484 e. The number of hydrazone groups is 1. The number of carbonyl (C=O) groups excluding carboxylic acids is 3. The Bertz CT molecular complexity index is 951. The van der Waals surface area contributed by atoms with Gasteiger partial charge >= 0.3 is 11.8 Å². The monoisotopic (exact) mass is 438 g/mol. The van der Waals surface area contributed by atoms with Gasteiger partial charge in [0.2, 0.25) is 0 Å². The second-order valence-electron chi connectivity index (χ2n) is 7.22. The van der Waals surface area contributed by atoms with Crippen LogP contribution in [0.5, 0.6) is 5.75 Å². The van der Waals surface area contributed by atoms with Gasteiger partial charge in [-0.3, -0.25) is 14.4 Å². The van der Waals surface area contributed by atoms with E-state index >= 15 is 0 Å². The van der Waals surface area contributed by atoms with E-state index in [1.54, 1.807) is 29.2 Å². The number of hydrogen-bond acceptors (Lipinski definition) is 6. The SMILES string of the molecule is Cc1ccc(CNC(=O)C(=O)N/N=C\c2ccc(OCC(=O)N3CCOCC3)cc2)cc1. The molecule has 9 heteroatoms. The highest BCUT2D eigenvalue weighted by Crippen LogP contribution is 2.11. The fraction of sp³-hybridized carbons (Fsp3) is 0.304. The maximum absolute atomic E-state index is 12.1. The normalized spacial score (nSPS) is 13.6. The first kappa shape index (κ1) is 23.0. The van der Waals surface area contributed by atoms with Crippen LogP contribution >= 0.6 is 0 Å². The predicted molar refractivity (Wildman–Crippen MR) is 118 cm³/mol. The number of benzene rings is 2. The lowest BCUT2D eigenvalue weighted by Crippen LogP contribution is -2.42. The number of nitrogens with one attached hydrogen (secondary N) is 2. The van der Waals surface area contributed by atoms with Crippen molar-refractivity contribution in [1.29, 1.82) is 0 Å². The number of hydrogen-bond donors (Lipinski definition) is 2. The molecule has 1 aliphatic heterocycles. The first-order valence-electron chi connectivity index (χ1n) is 10.3. The zero-order valence-electron chi connectivity index (χ0n) is 17.9. The zero-order valence-corrected chi connectivity index (χ0v) is 17.9. The van der Waals surface area contributed by atoms with Crippen LogP contribution in [0.25, 0.3) is 0 Å². The predicted octanol–water partition coefficient (Wildman–Crippen LogP) is 0.999. The minimum Gasteiger partial charge on any atom is -0.484 e. The summed E-state index contributed by atoms with van der Waals surface area (Å²) in [5.41, 5.74) is 4.90. The third-order valence-electron chi connectivity index (χ3n) is 4.77. The molecular formula is C23H26N4O5. The van der Waals surface area contributed by atoms with Crippen molar-refractivity contribution in [2.75, 3.05) is 32.9 Å². The molecule has 0 aliphatic carbocycles. The van der Waals surface area contributed by atoms with Crippen LogP contribution in [0.4, 0.5) is 0 Å². The van der Waals surface area contributed by atoms with Crippen molar-refractivity contribution in [3.63, 3.8) is 0 Å². The molecule has 0 saturated carbocycles. The Morgan fingerprint density at radius 3 is 2.41 bits per heavy atom. The van der Waals surface area contributed by atoms with Crippen LogP contribution in [-0.4, -0.2) is 61.7 Å². The summed E-state index contributed by atoms with van der Waals surface area (Å²) in [6.45, 7) is 4.44. The van der Waals surface area contributed by atoms with E-state index in [1.165, 1.54) is 6.21 Å². The van der Waals surface area contributed by atoms with Gasteiger partial charge in [-0.15, -0.1) is 0 Å². The van der Waals surface area contributed by atoms with Crippen molar-refractivity contribution in [3.05, 3.63) is 65.2 Å². The molecule has 168 valence electrons. The quantitative estimate of drug-likeness (QED) is 0.381. The molecule has 3 amide bonds. The standard InChI is InChI=1S/C23H26N4O5/c1-17-2-4-18(5-3-17)14-24-22(29)23(30)26-25-15-19-6-8-20(9-7-19)32-16-21(28)27-10-12-31-13-11-27/h2-9,15H,10-14,16H2,1H3,(H,24,29)(H,26,30)/b25-15-. The maximum Gasteiger partial charge on any atom is 0.329 e. The van der Waals surface area contributed by atoms with Crippen molar-refractivity contribution in [2.45, 2.75) is 13.5 Å². The molecule has 0 spiro atoms. The molecule has 0 aromatic heterocycles. The smallest absolute Gasteiger partial charge is 0.329 e. The molecule has 2 aromatic carbocycles. The van der Waals surface area contributed by atoms with Crippen molar-refractivity contribution >= 4 is 23.9 Å². The lowest BCUT2D eigenvalue weighted by Gasteiger charge is -2.26. The van der Waals surface area contributed by atoms with Crippen LogP contribution in [-0.2, 0) is 25.7 Å². The Labute approximate surface area is 186 Å². The number of morpholine rings is 1. The number of nitrogens with zero attached hydrogens (tertiary/aromatic N) is 2. The van der Waals surface area contributed by atoms with Crippen molar-refractivity contribution in [2.24, 2.45) is 5.10 Å². The van der Waals surface area contributed by atoms with E-state index in [4.69, 9.17) is 9.47 Å². The van der Waals surface area contributed by atoms with E-state index < -0.39 is 11.8 Å². The van der Waals surface area contributed by atoms with Crippen molar-refractivity contribution < 1.29 is 23.9 Å². The molecule has 2 aromatic rings. The number of aryl methyl sites for hydroxylation is 1. The lowest BCUT2D eigenvalue weighted by molar-refractivity contribution is -0.139. The third-order valence-corrected chi connectivity index (χ3v) is 4.77. The van der Waals surface area contributed by atoms with Crippen LogP contribution in [0.3, 0.4) is 0 Å². The number of rotatable bonds is 7. The summed E-state index contributed by atoms with van der Waals surface area (Å²) in [5.74, 6) is -1.16. The summed E-state index contributed by atoms with van der Waals surface area (Å²) in [6, 6.07) is 14.5. The molecule has 0 unspecified atom stereocenters. The minimum atomic E-state index is -0.852. The summed E-state index contributed by atoms with van der Waals surface area (Å²) < 4.78 is 10.7. The summed E-state index contributed by atoms with van der Waals surface area (Å²) in [7, 11) is 0. The van der Waals surface area contributed by atoms with E-state index in [1.807, 2.05) is 31.2 Å². The molecule has 2 N–H and O–H groups in total. The van der Waals surface area contributed by atoms with Crippen molar-refractivity contribution in [1.82, 2.24) is 15.6 Å². The van der Waals surface area contributed by atoms with Gasteiger partial charge in [0.1, 0.15) is 5.75 Å². The second kappa shape index (κ2) is 11.6. The van der Waals surface area contributed by atoms with E-state index in [-0.39, 0.29) is 19.1 Å². The fourth-order valence-electron chi connectivity index (χ4n) is 2.88. The highest BCUT2D eigenvalue weighted by molar-refractivity contribution is 6.35. The van der Waals surface area contributed by atoms with Gasteiger partial charge in [0, 0.05) is 19.6 Å². The molecular weight excluding hydrogens is 412 g/mol. The highest BCUT2D eigenvalue weighted by Gasteiger charge is 2.17. The van der Waals surface area contributed by atoms with Crippen LogP contribution in [0, 0.1) is 6.92 Å². The van der Waals surface area contributed by atoms with Gasteiger partial charge < -0.3 is 19.7 Å². The van der Waals surface area contributed by atoms with Gasteiger partial charge in [-0.2, -0.15) is 5.10 Å². The summed E-state index contributed by atoms with van der Waals surface area (Å²) in [4.78, 5) is 37.5. The van der Waals surface area contributed by atoms with Crippen LogP contribution in [0.1, 0.15) is 16.7 Å². The average molecular weight is 438 g/mol. The summed E-state index contributed by atoms with van der Waals surface area (Å²) >= 11 is 0. The van der Waals surface area contributed by atoms with E-state index in [0.717, 1.165) is 11.1 Å². The summed E-state index contributed by atoms with van der Waals surface area (Å²) in [5, 5.41) is 6.34. The van der Waals surface area contributed by atoms with Gasteiger partial charge in [-0.25, -0.2) is 5.43 Å². The fourth-order valence-corrected chi connectivity index (χ4v) is 2.88. The first-order chi connectivity index (χ1) is 15.5. The molecule has 0 radical (unpaired) electrons. The molecule has 0 bridgehead atoms. The molecule has 32 heavy (non-hydrogen) atoms. The molecule has 1 fully saturated rings. The number of ether oxygens (including phenoxy) is 2. The van der Waals surface area contributed by atoms with Crippen LogP contribution in [0.2, 0.25) is 0 Å². The Hall–Kier alpha value is -3.72. The number of carbonyl (C=O) groups is 3. The Morgan fingerprint density at radius 2 is 1.72 bits per heavy atom. The van der Waals surface area contributed by atoms with Crippen LogP contribution < -0.4 is 15.5 Å². The van der Waals surface area contributed by atoms with Gasteiger partial charge in [-0.05, 0) is 42.3 Å². The molecule has 9 nitrogen and oxygen atoms in total. The molecule has 1 saturated heterocycles. The topological polar surface area (TPSA) is 109 Å². The van der Waals surface area contributed by atoms with E-state index in [0.29, 0.717) is 37.6 Å². The zero-order chi connectivity index (χ0) is 22.8. The highest BCUT2D eigenvalue weighted by atomic mass is 16.5. The molecule has 1 aliphatic rings. The Morgan fingerprint density at radius 1 is 1.03 bits per heavy atom. The average Bonchev–Trinajstić information content (AvgIpc) is 2.83. The van der Waals surface area contributed by atoms with E-state index in [9.17, 15) is 14.4 Å². The molecule has 3 rings (SSSR count). The lowest BCUT2D eigenvalue weighted by atomic mass is 10.1. The third kappa shape index (κ3) is 7.21.